The van der Waals surface area contributed by atoms with E-state index in [9.17, 15) is 5.11 Å². The van der Waals surface area contributed by atoms with Crippen molar-refractivity contribution in [3.05, 3.63) is 12.2 Å². The van der Waals surface area contributed by atoms with E-state index >= 15 is 0 Å². The van der Waals surface area contributed by atoms with Gasteiger partial charge in [0.05, 0.1) is 6.10 Å². The van der Waals surface area contributed by atoms with Crippen LogP contribution in [0.1, 0.15) is 19.3 Å². The first kappa shape index (κ1) is 6.24. The summed E-state index contributed by atoms with van der Waals surface area (Å²) >= 11 is 0. The Bertz CT molecular complexity index is 209. The summed E-state index contributed by atoms with van der Waals surface area (Å²) in [5, 5.41) is 9.64. The Labute approximate surface area is 67.1 Å². The lowest BCUT2D eigenvalue weighted by molar-refractivity contribution is 0.0697. The van der Waals surface area contributed by atoms with E-state index in [1.165, 1.54) is 12.8 Å². The van der Waals surface area contributed by atoms with Gasteiger partial charge in [0.1, 0.15) is 0 Å². The van der Waals surface area contributed by atoms with Crippen molar-refractivity contribution >= 4 is 0 Å². The van der Waals surface area contributed by atoms with E-state index in [1.807, 2.05) is 0 Å². The molecule has 0 heterocycles. The Morgan fingerprint density at radius 1 is 1.18 bits per heavy atom. The van der Waals surface area contributed by atoms with Crippen LogP contribution in [-0.4, -0.2) is 11.2 Å². The van der Waals surface area contributed by atoms with E-state index in [0.29, 0.717) is 5.92 Å². The molecule has 2 bridgehead atoms. The smallest absolute Gasteiger partial charge is 0.0574 e. The maximum atomic E-state index is 9.64. The summed E-state index contributed by atoms with van der Waals surface area (Å²) in [6, 6.07) is 0. The number of allylic oxidation sites excluding steroid dienone is 2. The second-order valence-electron chi connectivity index (χ2n) is 4.37. The van der Waals surface area contributed by atoms with Gasteiger partial charge in [0.25, 0.3) is 0 Å². The summed E-state index contributed by atoms with van der Waals surface area (Å²) in [5.74, 6) is 3.16. The van der Waals surface area contributed by atoms with Gasteiger partial charge in [-0.05, 0) is 42.9 Å². The topological polar surface area (TPSA) is 20.2 Å². The third-order valence-electron chi connectivity index (χ3n) is 3.97. The van der Waals surface area contributed by atoms with Gasteiger partial charge in [-0.1, -0.05) is 12.2 Å². The quantitative estimate of drug-likeness (QED) is 0.520. The van der Waals surface area contributed by atoms with Crippen molar-refractivity contribution in [2.24, 2.45) is 23.7 Å². The molecule has 0 unspecified atom stereocenters. The molecule has 1 heteroatoms. The van der Waals surface area contributed by atoms with Gasteiger partial charge in [-0.2, -0.15) is 0 Å². The zero-order chi connectivity index (χ0) is 7.42. The monoisotopic (exact) mass is 150 g/mol. The van der Waals surface area contributed by atoms with Gasteiger partial charge >= 0.3 is 0 Å². The van der Waals surface area contributed by atoms with Crippen molar-refractivity contribution in [1.82, 2.24) is 0 Å². The first-order valence-corrected chi connectivity index (χ1v) is 4.71. The number of aliphatic hydroxyl groups is 1. The van der Waals surface area contributed by atoms with Crippen molar-refractivity contribution in [3.63, 3.8) is 0 Å². The summed E-state index contributed by atoms with van der Waals surface area (Å²) < 4.78 is 0. The van der Waals surface area contributed by atoms with Crippen LogP contribution in [0.4, 0.5) is 0 Å². The molecule has 5 atom stereocenters. The van der Waals surface area contributed by atoms with Crippen LogP contribution in [0.25, 0.3) is 0 Å². The van der Waals surface area contributed by atoms with Crippen LogP contribution in [0.15, 0.2) is 12.2 Å². The Kier molecular flexibility index (Phi) is 1.07. The number of hydrogen-bond acceptors (Lipinski definition) is 1. The highest BCUT2D eigenvalue weighted by molar-refractivity contribution is 5.14. The highest BCUT2D eigenvalue weighted by Crippen LogP contribution is 2.56. The molecule has 11 heavy (non-hydrogen) atoms. The van der Waals surface area contributed by atoms with Gasteiger partial charge in [-0.25, -0.2) is 0 Å². The Morgan fingerprint density at radius 3 is 3.00 bits per heavy atom. The zero-order valence-electron chi connectivity index (χ0n) is 6.61. The van der Waals surface area contributed by atoms with E-state index in [-0.39, 0.29) is 6.10 Å². The van der Waals surface area contributed by atoms with Crippen LogP contribution < -0.4 is 0 Å². The molecule has 0 aromatic heterocycles. The Balaban J connectivity index is 1.94. The predicted molar refractivity (Wildman–Crippen MR) is 43.0 cm³/mol. The fraction of sp³-hybridized carbons (Fsp3) is 0.800. The molecule has 0 amide bonds. The molecule has 60 valence electrons. The number of rotatable bonds is 0. The molecule has 0 aromatic rings. The van der Waals surface area contributed by atoms with Crippen LogP contribution in [0.2, 0.25) is 0 Å². The summed E-state index contributed by atoms with van der Waals surface area (Å²) in [6.45, 7) is 0. The van der Waals surface area contributed by atoms with E-state index in [0.717, 1.165) is 24.2 Å². The average Bonchev–Trinajstić information content (AvgIpc) is 2.52. The fourth-order valence-corrected chi connectivity index (χ4v) is 3.52. The molecule has 1 nitrogen and oxygen atoms in total. The second kappa shape index (κ2) is 1.89. The minimum Gasteiger partial charge on any atom is -0.393 e. The SMILES string of the molecule is O[C@H]1C[C@H]2C[C@H]1[C@H]1CC=C[C@H]21. The van der Waals surface area contributed by atoms with E-state index in [2.05, 4.69) is 12.2 Å². The Hall–Kier alpha value is -0.300. The lowest BCUT2D eigenvalue weighted by Crippen LogP contribution is -2.27. The molecular formula is C10H14O. The minimum atomic E-state index is 0.0427. The van der Waals surface area contributed by atoms with Crippen LogP contribution in [0.3, 0.4) is 0 Å². The molecule has 3 rings (SSSR count). The van der Waals surface area contributed by atoms with Crippen LogP contribution in [0.5, 0.6) is 0 Å². The van der Waals surface area contributed by atoms with E-state index < -0.39 is 0 Å². The van der Waals surface area contributed by atoms with Gasteiger partial charge in [0.2, 0.25) is 0 Å². The lowest BCUT2D eigenvalue weighted by Gasteiger charge is -2.27. The number of aliphatic hydroxyl groups excluding tert-OH is 1. The molecule has 1 N–H and O–H groups in total. The predicted octanol–water partition coefficient (Wildman–Crippen LogP) is 1.58. The third kappa shape index (κ3) is 0.652. The summed E-state index contributed by atoms with van der Waals surface area (Å²) in [7, 11) is 0. The third-order valence-corrected chi connectivity index (χ3v) is 3.97. The van der Waals surface area contributed by atoms with E-state index in [1.54, 1.807) is 0 Å². The molecule has 2 saturated carbocycles. The zero-order valence-corrected chi connectivity index (χ0v) is 6.61. The van der Waals surface area contributed by atoms with Crippen molar-refractivity contribution in [2.45, 2.75) is 25.4 Å². The molecule has 0 radical (unpaired) electrons. The molecule has 0 aliphatic heterocycles. The Morgan fingerprint density at radius 2 is 2.09 bits per heavy atom. The minimum absolute atomic E-state index is 0.0427. The van der Waals surface area contributed by atoms with Gasteiger partial charge in [-0.3, -0.25) is 0 Å². The van der Waals surface area contributed by atoms with Crippen molar-refractivity contribution in [3.8, 4) is 0 Å². The largest absolute Gasteiger partial charge is 0.393 e. The second-order valence-corrected chi connectivity index (χ2v) is 4.37. The molecular weight excluding hydrogens is 136 g/mol. The van der Waals surface area contributed by atoms with Gasteiger partial charge in [-0.15, -0.1) is 0 Å². The van der Waals surface area contributed by atoms with Crippen LogP contribution >= 0.6 is 0 Å². The van der Waals surface area contributed by atoms with Crippen LogP contribution in [-0.2, 0) is 0 Å². The van der Waals surface area contributed by atoms with Gasteiger partial charge in [0.15, 0.2) is 0 Å². The molecule has 2 fully saturated rings. The first-order chi connectivity index (χ1) is 5.36. The van der Waals surface area contributed by atoms with Crippen molar-refractivity contribution < 1.29 is 5.11 Å². The maximum absolute atomic E-state index is 9.64. The fourth-order valence-electron chi connectivity index (χ4n) is 3.52. The molecule has 0 aromatic carbocycles. The highest BCUT2D eigenvalue weighted by atomic mass is 16.3. The maximum Gasteiger partial charge on any atom is 0.0574 e. The normalized spacial score (nSPS) is 58.8. The summed E-state index contributed by atoms with van der Waals surface area (Å²) in [4.78, 5) is 0. The molecule has 3 aliphatic rings. The summed E-state index contributed by atoms with van der Waals surface area (Å²) in [5.41, 5.74) is 0. The number of hydrogen-bond donors (Lipinski definition) is 1. The highest BCUT2D eigenvalue weighted by Gasteiger charge is 2.51. The average molecular weight is 150 g/mol. The molecule has 0 spiro atoms. The molecule has 3 aliphatic carbocycles. The van der Waals surface area contributed by atoms with Gasteiger partial charge in [0, 0.05) is 0 Å². The standard InChI is InChI=1S/C10H14O/c11-10-5-6-4-9(10)8-3-1-2-7(6)8/h1-2,6-11H,3-5H2/t6-,7-,8+,9+,10+/m1/s1. The van der Waals surface area contributed by atoms with Crippen LogP contribution in [0, 0.1) is 23.7 Å². The lowest BCUT2D eigenvalue weighted by atomic mass is 9.80. The first-order valence-electron chi connectivity index (χ1n) is 4.71. The van der Waals surface area contributed by atoms with Crippen molar-refractivity contribution in [2.75, 3.05) is 0 Å². The summed E-state index contributed by atoms with van der Waals surface area (Å²) in [6.07, 6.45) is 8.37. The van der Waals surface area contributed by atoms with Gasteiger partial charge < -0.3 is 5.11 Å². The molecule has 0 saturated heterocycles. The van der Waals surface area contributed by atoms with E-state index in [4.69, 9.17) is 0 Å². The number of fused-ring (bicyclic) bond motifs is 5. The van der Waals surface area contributed by atoms with Crippen molar-refractivity contribution in [1.29, 1.82) is 0 Å².